The molecule has 5 heteroatoms. The van der Waals surface area contributed by atoms with Crippen molar-refractivity contribution in [3.05, 3.63) is 35.2 Å². The normalized spacial score (nSPS) is 18.9. The van der Waals surface area contributed by atoms with Crippen molar-refractivity contribution < 1.29 is 4.79 Å². The van der Waals surface area contributed by atoms with E-state index >= 15 is 0 Å². The van der Waals surface area contributed by atoms with Crippen molar-refractivity contribution in [2.45, 2.75) is 63.8 Å². The van der Waals surface area contributed by atoms with E-state index in [9.17, 15) is 4.79 Å². The number of hydrogen-bond acceptors (Lipinski definition) is 3. The molecule has 0 spiro atoms. The molecule has 0 atom stereocenters. The van der Waals surface area contributed by atoms with Gasteiger partial charge in [-0.1, -0.05) is 38.3 Å². The van der Waals surface area contributed by atoms with E-state index in [-0.39, 0.29) is 6.03 Å². The summed E-state index contributed by atoms with van der Waals surface area (Å²) in [6.07, 6.45) is 8.80. The molecule has 0 unspecified atom stereocenters. The summed E-state index contributed by atoms with van der Waals surface area (Å²) in [5, 5.41) is 6.72. The quantitative estimate of drug-likeness (QED) is 0.699. The molecule has 1 aromatic heterocycles. The maximum absolute atomic E-state index is 11.2. The molecule has 0 radical (unpaired) electrons. The number of thiophene rings is 1. The van der Waals surface area contributed by atoms with Crippen LogP contribution >= 0.6 is 11.3 Å². The number of likely N-dealkylation sites (tertiary alicyclic amines) is 1. The molecule has 2 heterocycles. The van der Waals surface area contributed by atoms with Crippen molar-refractivity contribution in [2.75, 3.05) is 33.7 Å². The van der Waals surface area contributed by atoms with Crippen LogP contribution in [0.2, 0.25) is 0 Å². The first-order valence-electron chi connectivity index (χ1n) is 11.2. The molecule has 1 aliphatic carbocycles. The Morgan fingerprint density at radius 1 is 1.10 bits per heavy atom. The van der Waals surface area contributed by atoms with Gasteiger partial charge >= 0.3 is 6.03 Å². The third-order valence-corrected chi connectivity index (χ3v) is 7.23. The molecule has 1 aromatic carbocycles. The lowest BCUT2D eigenvalue weighted by Gasteiger charge is -2.31. The highest BCUT2D eigenvalue weighted by atomic mass is 32.1. The van der Waals surface area contributed by atoms with E-state index in [1.165, 1.54) is 61.8 Å². The van der Waals surface area contributed by atoms with Crippen LogP contribution in [-0.4, -0.2) is 55.6 Å². The number of fused-ring (bicyclic) bond motifs is 1. The summed E-state index contributed by atoms with van der Waals surface area (Å²) in [5.74, 6) is 0.774. The van der Waals surface area contributed by atoms with Gasteiger partial charge in [-0.3, -0.25) is 0 Å². The lowest BCUT2D eigenvalue weighted by Crippen LogP contribution is -2.42. The predicted octanol–water partition coefficient (Wildman–Crippen LogP) is 5.69. The van der Waals surface area contributed by atoms with Gasteiger partial charge in [-0.05, 0) is 79.7 Å². The van der Waals surface area contributed by atoms with Gasteiger partial charge in [-0.15, -0.1) is 11.3 Å². The van der Waals surface area contributed by atoms with E-state index < -0.39 is 0 Å². The number of nitrogens with zero attached hydrogens (tertiary/aromatic N) is 2. The Balaban J connectivity index is 0.000000177. The van der Waals surface area contributed by atoms with Gasteiger partial charge < -0.3 is 15.1 Å². The standard InChI is InChI=1S/C15H19NS.C9H18N2O/c1-2-16-9-6-12(7-10-16)13-4-3-5-15-14(13)8-11-17-15;1-11(2)9(12)10-8-6-4-3-5-7-8/h3-5,8,11-12H,2,6-7,9-10H2,1H3;8H,3-7H2,1-2H3,(H,10,12). The van der Waals surface area contributed by atoms with E-state index in [0.29, 0.717) is 6.04 Å². The SMILES string of the molecule is CCN1CCC(c2cccc3sccc23)CC1.CN(C)C(=O)NC1CCCCC1. The van der Waals surface area contributed by atoms with Gasteiger partial charge in [0.25, 0.3) is 0 Å². The fourth-order valence-corrected chi connectivity index (χ4v) is 5.31. The van der Waals surface area contributed by atoms with Crippen LogP contribution in [0.3, 0.4) is 0 Å². The fourth-order valence-electron chi connectivity index (χ4n) is 4.48. The summed E-state index contributed by atoms with van der Waals surface area (Å²) in [6.45, 7) is 6.00. The van der Waals surface area contributed by atoms with Crippen molar-refractivity contribution >= 4 is 27.5 Å². The van der Waals surface area contributed by atoms with Gasteiger partial charge in [0, 0.05) is 24.8 Å². The van der Waals surface area contributed by atoms with E-state index in [1.807, 2.05) is 11.3 Å². The second kappa shape index (κ2) is 11.0. The lowest BCUT2D eigenvalue weighted by molar-refractivity contribution is 0.209. The summed E-state index contributed by atoms with van der Waals surface area (Å²) >= 11 is 1.86. The zero-order valence-corrected chi connectivity index (χ0v) is 19.1. The zero-order valence-electron chi connectivity index (χ0n) is 18.3. The smallest absolute Gasteiger partial charge is 0.317 e. The molecule has 4 rings (SSSR count). The van der Waals surface area contributed by atoms with Crippen molar-refractivity contribution in [3.63, 3.8) is 0 Å². The average Bonchev–Trinajstić information content (AvgIpc) is 3.24. The monoisotopic (exact) mass is 415 g/mol. The van der Waals surface area contributed by atoms with E-state index in [0.717, 1.165) is 18.8 Å². The summed E-state index contributed by atoms with van der Waals surface area (Å²) in [6, 6.07) is 9.56. The predicted molar refractivity (Wildman–Crippen MR) is 125 cm³/mol. The van der Waals surface area contributed by atoms with Crippen LogP contribution in [0.25, 0.3) is 10.1 Å². The highest BCUT2D eigenvalue weighted by molar-refractivity contribution is 7.17. The topological polar surface area (TPSA) is 35.6 Å². The first-order chi connectivity index (χ1) is 14.1. The average molecular weight is 416 g/mol. The van der Waals surface area contributed by atoms with Gasteiger partial charge in [0.05, 0.1) is 0 Å². The molecule has 4 nitrogen and oxygen atoms in total. The Bertz CT molecular complexity index is 758. The molecule has 2 fully saturated rings. The third kappa shape index (κ3) is 6.19. The molecule has 0 bridgehead atoms. The first-order valence-corrected chi connectivity index (χ1v) is 12.1. The summed E-state index contributed by atoms with van der Waals surface area (Å²) in [7, 11) is 3.55. The molecule has 29 heavy (non-hydrogen) atoms. The van der Waals surface area contributed by atoms with Crippen molar-refractivity contribution in [2.24, 2.45) is 0 Å². The Labute approximate surface area is 180 Å². The minimum atomic E-state index is 0.0434. The van der Waals surface area contributed by atoms with Crippen LogP contribution in [0.4, 0.5) is 4.79 Å². The molecule has 2 amide bonds. The second-order valence-electron chi connectivity index (χ2n) is 8.57. The summed E-state index contributed by atoms with van der Waals surface area (Å²) in [5.41, 5.74) is 1.58. The van der Waals surface area contributed by atoms with Crippen LogP contribution in [-0.2, 0) is 0 Å². The number of carbonyl (C=O) groups excluding carboxylic acids is 1. The van der Waals surface area contributed by atoms with Crippen molar-refractivity contribution in [3.8, 4) is 0 Å². The number of nitrogens with one attached hydrogen (secondary N) is 1. The highest BCUT2D eigenvalue weighted by Crippen LogP contribution is 2.34. The molecule has 1 N–H and O–H groups in total. The molecule has 160 valence electrons. The minimum absolute atomic E-state index is 0.0434. The number of piperidine rings is 1. The molecule has 2 aliphatic rings. The van der Waals surface area contributed by atoms with Crippen LogP contribution < -0.4 is 5.32 Å². The van der Waals surface area contributed by atoms with Crippen molar-refractivity contribution in [1.82, 2.24) is 15.1 Å². The maximum atomic E-state index is 11.2. The number of hydrogen-bond donors (Lipinski definition) is 1. The summed E-state index contributed by atoms with van der Waals surface area (Å²) in [4.78, 5) is 15.4. The maximum Gasteiger partial charge on any atom is 0.317 e. The molecular weight excluding hydrogens is 378 g/mol. The Hall–Kier alpha value is -1.59. The molecule has 1 saturated carbocycles. The van der Waals surface area contributed by atoms with Gasteiger partial charge in [0.1, 0.15) is 0 Å². The zero-order chi connectivity index (χ0) is 20.6. The van der Waals surface area contributed by atoms with Crippen molar-refractivity contribution in [1.29, 1.82) is 0 Å². The molecule has 1 saturated heterocycles. The lowest BCUT2D eigenvalue weighted by atomic mass is 9.88. The van der Waals surface area contributed by atoms with Gasteiger partial charge in [-0.25, -0.2) is 4.79 Å². The van der Waals surface area contributed by atoms with Crippen LogP contribution in [0.15, 0.2) is 29.6 Å². The number of amides is 2. The Morgan fingerprint density at radius 3 is 2.48 bits per heavy atom. The van der Waals surface area contributed by atoms with Crippen LogP contribution in [0.5, 0.6) is 0 Å². The fraction of sp³-hybridized carbons (Fsp3) is 0.625. The number of urea groups is 1. The minimum Gasteiger partial charge on any atom is -0.335 e. The van der Waals surface area contributed by atoms with Gasteiger partial charge in [0.2, 0.25) is 0 Å². The Kier molecular flexibility index (Phi) is 8.37. The molecule has 2 aromatic rings. The third-order valence-electron chi connectivity index (χ3n) is 6.34. The molecular formula is C24H37N3OS. The number of benzene rings is 1. The van der Waals surface area contributed by atoms with E-state index in [1.54, 1.807) is 24.6 Å². The number of carbonyl (C=O) groups is 1. The largest absolute Gasteiger partial charge is 0.335 e. The first kappa shape index (κ1) is 22.1. The van der Waals surface area contributed by atoms with Crippen LogP contribution in [0.1, 0.15) is 63.4 Å². The second-order valence-corrected chi connectivity index (χ2v) is 9.51. The number of rotatable bonds is 3. The van der Waals surface area contributed by atoms with Gasteiger partial charge in [0.15, 0.2) is 0 Å². The van der Waals surface area contributed by atoms with Gasteiger partial charge in [-0.2, -0.15) is 0 Å². The summed E-state index contributed by atoms with van der Waals surface area (Å²) < 4.78 is 1.44. The van der Waals surface area contributed by atoms with E-state index in [4.69, 9.17) is 0 Å². The Morgan fingerprint density at radius 2 is 1.83 bits per heavy atom. The van der Waals surface area contributed by atoms with E-state index in [2.05, 4.69) is 46.8 Å². The highest BCUT2D eigenvalue weighted by Gasteiger charge is 2.21. The van der Waals surface area contributed by atoms with Crippen LogP contribution in [0, 0.1) is 0 Å². The molecule has 1 aliphatic heterocycles.